The van der Waals surface area contributed by atoms with Gasteiger partial charge >= 0.3 is 5.97 Å². The van der Waals surface area contributed by atoms with Crippen molar-refractivity contribution in [1.82, 2.24) is 14.3 Å². The van der Waals surface area contributed by atoms with Crippen LogP contribution in [0.3, 0.4) is 0 Å². The summed E-state index contributed by atoms with van der Waals surface area (Å²) >= 11 is 0. The van der Waals surface area contributed by atoms with Crippen molar-refractivity contribution in [1.29, 1.82) is 0 Å². The Labute approximate surface area is 200 Å². The third-order valence-corrected chi connectivity index (χ3v) is 7.14. The fourth-order valence-electron chi connectivity index (χ4n) is 4.87. The van der Waals surface area contributed by atoms with Crippen molar-refractivity contribution in [2.24, 2.45) is 5.41 Å². The van der Waals surface area contributed by atoms with Crippen LogP contribution in [0.2, 0.25) is 0 Å². The van der Waals surface area contributed by atoms with Crippen LogP contribution < -0.4 is 4.74 Å². The average Bonchev–Trinajstić information content (AvgIpc) is 3.23. The van der Waals surface area contributed by atoms with Gasteiger partial charge in [-0.25, -0.2) is 4.98 Å². The molecule has 7 nitrogen and oxygen atoms in total. The van der Waals surface area contributed by atoms with E-state index in [-0.39, 0.29) is 24.7 Å². The molecule has 1 fully saturated rings. The second-order valence-corrected chi connectivity index (χ2v) is 9.57. The van der Waals surface area contributed by atoms with Gasteiger partial charge in [0.05, 0.1) is 24.7 Å². The molecule has 0 spiro atoms. The summed E-state index contributed by atoms with van der Waals surface area (Å²) in [4.78, 5) is 31.2. The standard InChI is InChI=1S/C27H33N3O4/c1-4-27(2,18-24(32)33)17-23(31)29-14-11-19(12-15-29)26-28-25(22-10-5-6-13-30(22)26)20-8-7-9-21(16-20)34-3/h5-10,13,16,19H,4,11-12,14-15,17-18H2,1-3H3,(H,32,33). The highest BCUT2D eigenvalue weighted by Crippen LogP contribution is 2.35. The molecular weight excluding hydrogens is 430 g/mol. The first-order chi connectivity index (χ1) is 16.3. The summed E-state index contributed by atoms with van der Waals surface area (Å²) in [5, 5.41) is 9.22. The Bertz CT molecular complexity index is 1180. The van der Waals surface area contributed by atoms with E-state index in [0.29, 0.717) is 19.5 Å². The van der Waals surface area contributed by atoms with Crippen molar-refractivity contribution >= 4 is 17.4 Å². The lowest BCUT2D eigenvalue weighted by molar-refractivity contribution is -0.141. The van der Waals surface area contributed by atoms with Crippen molar-refractivity contribution in [3.8, 4) is 17.0 Å². The molecule has 0 saturated carbocycles. The van der Waals surface area contributed by atoms with Crippen LogP contribution in [-0.4, -0.2) is 51.5 Å². The van der Waals surface area contributed by atoms with Gasteiger partial charge in [-0.15, -0.1) is 0 Å². The number of imidazole rings is 1. The number of nitrogens with zero attached hydrogens (tertiary/aromatic N) is 3. The second kappa shape index (κ2) is 9.87. The van der Waals surface area contributed by atoms with Gasteiger partial charge in [0.1, 0.15) is 11.6 Å². The minimum Gasteiger partial charge on any atom is -0.497 e. The maximum absolute atomic E-state index is 13.0. The number of likely N-dealkylation sites (tertiary alicyclic amines) is 1. The summed E-state index contributed by atoms with van der Waals surface area (Å²) in [5.74, 6) is 1.26. The summed E-state index contributed by atoms with van der Waals surface area (Å²) in [6.07, 6.45) is 4.66. The number of fused-ring (bicyclic) bond motifs is 1. The fraction of sp³-hybridized carbons (Fsp3) is 0.444. The largest absolute Gasteiger partial charge is 0.497 e. The molecule has 7 heteroatoms. The number of aromatic nitrogens is 2. The monoisotopic (exact) mass is 463 g/mol. The molecule has 2 aromatic heterocycles. The molecule has 1 aromatic carbocycles. The average molecular weight is 464 g/mol. The smallest absolute Gasteiger partial charge is 0.303 e. The Kier molecular flexibility index (Phi) is 6.91. The Morgan fingerprint density at radius 1 is 1.15 bits per heavy atom. The van der Waals surface area contributed by atoms with E-state index in [1.54, 1.807) is 7.11 Å². The first-order valence-corrected chi connectivity index (χ1v) is 11.9. The van der Waals surface area contributed by atoms with Crippen LogP contribution in [0, 0.1) is 5.41 Å². The minimum absolute atomic E-state index is 0.0127. The number of amides is 1. The predicted octanol–water partition coefficient (Wildman–Crippen LogP) is 5.00. The summed E-state index contributed by atoms with van der Waals surface area (Å²) in [7, 11) is 1.66. The van der Waals surface area contributed by atoms with E-state index in [0.717, 1.165) is 41.2 Å². The molecule has 0 aliphatic carbocycles. The Balaban J connectivity index is 1.52. The summed E-state index contributed by atoms with van der Waals surface area (Å²) in [5.41, 5.74) is 2.49. The van der Waals surface area contributed by atoms with E-state index in [2.05, 4.69) is 16.7 Å². The third kappa shape index (κ3) is 4.93. The van der Waals surface area contributed by atoms with Gasteiger partial charge < -0.3 is 19.1 Å². The molecule has 1 aliphatic rings. The van der Waals surface area contributed by atoms with Crippen LogP contribution in [0.25, 0.3) is 16.8 Å². The molecule has 180 valence electrons. The van der Waals surface area contributed by atoms with Crippen LogP contribution in [0.15, 0.2) is 48.7 Å². The van der Waals surface area contributed by atoms with Gasteiger partial charge in [0.15, 0.2) is 0 Å². The molecule has 1 N–H and O–H groups in total. The molecule has 4 rings (SSSR count). The maximum atomic E-state index is 13.0. The van der Waals surface area contributed by atoms with Crippen LogP contribution in [0.4, 0.5) is 0 Å². The molecule has 1 aliphatic heterocycles. The van der Waals surface area contributed by atoms with Crippen molar-refractivity contribution in [3.63, 3.8) is 0 Å². The van der Waals surface area contributed by atoms with E-state index >= 15 is 0 Å². The van der Waals surface area contributed by atoms with E-state index in [1.807, 2.05) is 55.1 Å². The number of carbonyl (C=O) groups excluding carboxylic acids is 1. The molecule has 1 saturated heterocycles. The number of rotatable bonds is 8. The lowest BCUT2D eigenvalue weighted by Gasteiger charge is -2.34. The van der Waals surface area contributed by atoms with Crippen LogP contribution in [-0.2, 0) is 9.59 Å². The highest BCUT2D eigenvalue weighted by molar-refractivity contribution is 5.79. The van der Waals surface area contributed by atoms with Crippen molar-refractivity contribution in [2.75, 3.05) is 20.2 Å². The zero-order chi connectivity index (χ0) is 24.3. The number of carboxylic acid groups (broad SMARTS) is 1. The topological polar surface area (TPSA) is 84.1 Å². The number of hydrogen-bond donors (Lipinski definition) is 1. The van der Waals surface area contributed by atoms with Gasteiger partial charge in [-0.2, -0.15) is 0 Å². The van der Waals surface area contributed by atoms with Crippen molar-refractivity contribution < 1.29 is 19.4 Å². The summed E-state index contributed by atoms with van der Waals surface area (Å²) in [6, 6.07) is 14.1. The lowest BCUT2D eigenvalue weighted by atomic mass is 9.80. The maximum Gasteiger partial charge on any atom is 0.303 e. The zero-order valence-electron chi connectivity index (χ0n) is 20.2. The Morgan fingerprint density at radius 2 is 1.91 bits per heavy atom. The highest BCUT2D eigenvalue weighted by atomic mass is 16.5. The number of hydrogen-bond acceptors (Lipinski definition) is 4. The van der Waals surface area contributed by atoms with Gasteiger partial charge in [-0.3, -0.25) is 9.59 Å². The normalized spacial score (nSPS) is 16.4. The van der Waals surface area contributed by atoms with E-state index in [9.17, 15) is 14.7 Å². The number of piperidine rings is 1. The Hall–Kier alpha value is -3.35. The number of benzene rings is 1. The summed E-state index contributed by atoms with van der Waals surface area (Å²) in [6.45, 7) is 5.16. The number of methoxy groups -OCH3 is 1. The number of aliphatic carboxylic acids is 1. The van der Waals surface area contributed by atoms with Gasteiger partial charge in [0, 0.05) is 37.2 Å². The quantitative estimate of drug-likeness (QED) is 0.508. The number of pyridine rings is 1. The molecule has 1 amide bonds. The van der Waals surface area contributed by atoms with E-state index < -0.39 is 11.4 Å². The van der Waals surface area contributed by atoms with Gasteiger partial charge in [0.2, 0.25) is 5.91 Å². The van der Waals surface area contributed by atoms with Crippen molar-refractivity contribution in [2.45, 2.75) is 51.9 Å². The van der Waals surface area contributed by atoms with Crippen molar-refractivity contribution in [3.05, 3.63) is 54.5 Å². The van der Waals surface area contributed by atoms with Gasteiger partial charge in [-0.05, 0) is 48.9 Å². The minimum atomic E-state index is -0.853. The summed E-state index contributed by atoms with van der Waals surface area (Å²) < 4.78 is 7.57. The number of carboxylic acids is 1. The zero-order valence-corrected chi connectivity index (χ0v) is 20.2. The third-order valence-electron chi connectivity index (χ3n) is 7.14. The van der Waals surface area contributed by atoms with Gasteiger partial charge in [0.25, 0.3) is 0 Å². The SMILES string of the molecule is CCC(C)(CC(=O)O)CC(=O)N1CCC(c2nc(-c3cccc(OC)c3)c3ccccn23)CC1. The van der Waals surface area contributed by atoms with Crippen LogP contribution >= 0.6 is 0 Å². The molecular formula is C27H33N3O4. The first kappa shape index (κ1) is 23.8. The first-order valence-electron chi connectivity index (χ1n) is 11.9. The molecule has 34 heavy (non-hydrogen) atoms. The van der Waals surface area contributed by atoms with E-state index in [1.165, 1.54) is 0 Å². The van der Waals surface area contributed by atoms with Gasteiger partial charge in [-0.1, -0.05) is 32.0 Å². The molecule has 0 bridgehead atoms. The molecule has 0 radical (unpaired) electrons. The lowest BCUT2D eigenvalue weighted by Crippen LogP contribution is -2.40. The molecule has 1 atom stereocenters. The molecule has 3 aromatic rings. The predicted molar refractivity (Wildman–Crippen MR) is 131 cm³/mol. The number of ether oxygens (including phenoxy) is 1. The van der Waals surface area contributed by atoms with E-state index in [4.69, 9.17) is 9.72 Å². The molecule has 3 heterocycles. The van der Waals surface area contributed by atoms with Crippen LogP contribution in [0.1, 0.15) is 57.7 Å². The fourth-order valence-corrected chi connectivity index (χ4v) is 4.87. The highest BCUT2D eigenvalue weighted by Gasteiger charge is 2.33. The Morgan fingerprint density at radius 3 is 2.59 bits per heavy atom. The second-order valence-electron chi connectivity index (χ2n) is 9.57. The molecule has 1 unspecified atom stereocenters. The number of carbonyl (C=O) groups is 2. The van der Waals surface area contributed by atoms with Crippen LogP contribution in [0.5, 0.6) is 5.75 Å².